The van der Waals surface area contributed by atoms with Crippen molar-refractivity contribution in [2.75, 3.05) is 14.2 Å². The molecule has 0 saturated carbocycles. The molecule has 29 heavy (non-hydrogen) atoms. The number of carbonyl (C=O) groups excluding carboxylic acids is 1. The predicted molar refractivity (Wildman–Crippen MR) is 129 cm³/mol. The van der Waals surface area contributed by atoms with Gasteiger partial charge in [-0.3, -0.25) is 4.79 Å². The van der Waals surface area contributed by atoms with E-state index in [0.29, 0.717) is 5.71 Å². The van der Waals surface area contributed by atoms with Gasteiger partial charge in [0.1, 0.15) is 7.11 Å². The van der Waals surface area contributed by atoms with E-state index in [2.05, 4.69) is 36.5 Å². The Morgan fingerprint density at radius 3 is 1.97 bits per heavy atom. The lowest BCUT2D eigenvalue weighted by atomic mass is 9.90. The van der Waals surface area contributed by atoms with Crippen molar-refractivity contribution in [2.24, 2.45) is 5.16 Å². The smallest absolute Gasteiger partial charge is 0.273 e. The number of nitrogens with zero attached hydrogens (tertiary/aromatic N) is 1. The largest absolute Gasteiger partial charge is 0.398 e. The van der Waals surface area contributed by atoms with Crippen molar-refractivity contribution in [3.8, 4) is 0 Å². The van der Waals surface area contributed by atoms with Crippen LogP contribution in [0.25, 0.3) is 0 Å². The molecule has 1 aromatic carbocycles. The average molecular weight is 421 g/mol. The SMILES string of the molecule is CC.CC.CC.CNC(=O)/C(=N\OC)C1=C(Sc2ccccc2)CC(C)=C(C)C1. The highest BCUT2D eigenvalue weighted by atomic mass is 32.2. The Balaban J connectivity index is 0. The van der Waals surface area contributed by atoms with Gasteiger partial charge in [0.2, 0.25) is 0 Å². The Morgan fingerprint density at radius 2 is 1.48 bits per heavy atom. The van der Waals surface area contributed by atoms with Crippen molar-refractivity contribution in [3.05, 3.63) is 52.0 Å². The molecule has 0 bridgehead atoms. The van der Waals surface area contributed by atoms with Crippen LogP contribution in [0.15, 0.2) is 62.0 Å². The van der Waals surface area contributed by atoms with Gasteiger partial charge in [-0.15, -0.1) is 0 Å². The fraction of sp³-hybridized carbons (Fsp3) is 0.500. The maximum Gasteiger partial charge on any atom is 0.273 e. The summed E-state index contributed by atoms with van der Waals surface area (Å²) < 4.78 is 0. The molecule has 164 valence electrons. The van der Waals surface area contributed by atoms with E-state index in [0.717, 1.165) is 28.2 Å². The highest BCUT2D eigenvalue weighted by Crippen LogP contribution is 2.40. The molecule has 0 heterocycles. The molecule has 1 aliphatic rings. The molecule has 0 spiro atoms. The highest BCUT2D eigenvalue weighted by Gasteiger charge is 2.25. The van der Waals surface area contributed by atoms with Gasteiger partial charge in [0, 0.05) is 23.9 Å². The first-order valence-electron chi connectivity index (χ1n) is 10.5. The van der Waals surface area contributed by atoms with Crippen LogP contribution < -0.4 is 5.32 Å². The molecule has 0 radical (unpaired) electrons. The lowest BCUT2D eigenvalue weighted by molar-refractivity contribution is -0.114. The number of hydrogen-bond donors (Lipinski definition) is 1. The Kier molecular flexibility index (Phi) is 18.2. The van der Waals surface area contributed by atoms with Crippen molar-refractivity contribution >= 4 is 23.4 Å². The summed E-state index contributed by atoms with van der Waals surface area (Å²) in [6.07, 6.45) is 1.55. The average Bonchev–Trinajstić information content (AvgIpc) is 2.79. The molecule has 0 aliphatic heterocycles. The first kappa shape index (κ1) is 29.2. The molecule has 1 amide bonds. The van der Waals surface area contributed by atoms with E-state index in [1.54, 1.807) is 18.8 Å². The quantitative estimate of drug-likeness (QED) is 0.317. The summed E-state index contributed by atoms with van der Waals surface area (Å²) >= 11 is 1.69. The minimum absolute atomic E-state index is 0.222. The fourth-order valence-corrected chi connectivity index (χ4v) is 3.56. The van der Waals surface area contributed by atoms with Crippen LogP contribution >= 0.6 is 11.8 Å². The Hall–Kier alpha value is -2.01. The van der Waals surface area contributed by atoms with E-state index in [4.69, 9.17) is 4.84 Å². The lowest BCUT2D eigenvalue weighted by Gasteiger charge is -2.23. The Morgan fingerprint density at radius 1 is 0.966 bits per heavy atom. The van der Waals surface area contributed by atoms with Gasteiger partial charge in [0.05, 0.1) is 0 Å². The van der Waals surface area contributed by atoms with Gasteiger partial charge in [0.15, 0.2) is 5.71 Å². The van der Waals surface area contributed by atoms with Crippen molar-refractivity contribution < 1.29 is 9.63 Å². The van der Waals surface area contributed by atoms with E-state index >= 15 is 0 Å². The van der Waals surface area contributed by atoms with Crippen molar-refractivity contribution in [3.63, 3.8) is 0 Å². The summed E-state index contributed by atoms with van der Waals surface area (Å²) in [6.45, 7) is 16.2. The summed E-state index contributed by atoms with van der Waals surface area (Å²) in [5.41, 5.74) is 3.94. The number of nitrogens with one attached hydrogen (secondary N) is 1. The lowest BCUT2D eigenvalue weighted by Crippen LogP contribution is -2.30. The standard InChI is InChI=1S/C18H22N2O2S.3C2H6/c1-12-10-15(17(20-22-4)18(21)19-3)16(11-13(12)2)23-14-8-6-5-7-9-14;3*1-2/h5-9H,10-11H2,1-4H3,(H,19,21);3*1-2H3/b20-17-;;;. The van der Waals surface area contributed by atoms with Gasteiger partial charge < -0.3 is 10.2 Å². The second-order valence-electron chi connectivity index (χ2n) is 5.43. The van der Waals surface area contributed by atoms with Crippen molar-refractivity contribution in [2.45, 2.75) is 73.1 Å². The molecule has 0 fully saturated rings. The number of carbonyl (C=O) groups is 1. The third-order valence-electron chi connectivity index (χ3n) is 3.83. The third kappa shape index (κ3) is 9.84. The molecule has 0 unspecified atom stereocenters. The van der Waals surface area contributed by atoms with Crippen LogP contribution in [-0.2, 0) is 9.63 Å². The maximum atomic E-state index is 12.2. The van der Waals surface area contributed by atoms with Crippen molar-refractivity contribution in [1.29, 1.82) is 0 Å². The van der Waals surface area contributed by atoms with Crippen LogP contribution in [0, 0.1) is 0 Å². The highest BCUT2D eigenvalue weighted by molar-refractivity contribution is 8.03. The Bertz CT molecular complexity index is 677. The minimum atomic E-state index is -0.222. The van der Waals surface area contributed by atoms with E-state index in [9.17, 15) is 4.79 Å². The second kappa shape index (κ2) is 18.0. The Labute approximate surface area is 182 Å². The van der Waals surface area contributed by atoms with E-state index in [1.165, 1.54) is 18.3 Å². The first-order chi connectivity index (χ1) is 14.1. The van der Waals surface area contributed by atoms with Gasteiger partial charge in [0.25, 0.3) is 5.91 Å². The monoisotopic (exact) mass is 420 g/mol. The molecule has 4 nitrogen and oxygen atoms in total. The zero-order valence-electron chi connectivity index (χ0n) is 20.0. The first-order valence-corrected chi connectivity index (χ1v) is 11.3. The number of rotatable bonds is 5. The molecular formula is C24H40N2O2S. The number of hydrogen-bond acceptors (Lipinski definition) is 4. The molecule has 0 aromatic heterocycles. The van der Waals surface area contributed by atoms with Crippen LogP contribution in [0.1, 0.15) is 68.2 Å². The van der Waals surface area contributed by atoms with Gasteiger partial charge in [-0.1, -0.05) is 87.8 Å². The van der Waals surface area contributed by atoms with Crippen LogP contribution in [0.2, 0.25) is 0 Å². The van der Waals surface area contributed by atoms with Crippen LogP contribution in [0.3, 0.4) is 0 Å². The van der Waals surface area contributed by atoms with E-state index in [-0.39, 0.29) is 5.91 Å². The molecule has 1 aromatic rings. The summed E-state index contributed by atoms with van der Waals surface area (Å²) in [5, 5.41) is 6.63. The topological polar surface area (TPSA) is 50.7 Å². The van der Waals surface area contributed by atoms with Gasteiger partial charge in [-0.2, -0.15) is 0 Å². The second-order valence-corrected chi connectivity index (χ2v) is 6.60. The summed E-state index contributed by atoms with van der Waals surface area (Å²) in [6, 6.07) is 10.2. The van der Waals surface area contributed by atoms with Crippen LogP contribution in [0.4, 0.5) is 0 Å². The number of allylic oxidation sites excluding steroid dienone is 3. The normalized spacial score (nSPS) is 13.1. The number of benzene rings is 1. The molecule has 0 atom stereocenters. The predicted octanol–water partition coefficient (Wildman–Crippen LogP) is 6.99. The molecule has 1 N–H and O–H groups in total. The summed E-state index contributed by atoms with van der Waals surface area (Å²) in [5.74, 6) is -0.222. The number of thioether (sulfide) groups is 1. The van der Waals surface area contributed by atoms with Gasteiger partial charge in [-0.25, -0.2) is 0 Å². The minimum Gasteiger partial charge on any atom is -0.398 e. The summed E-state index contributed by atoms with van der Waals surface area (Å²) in [4.78, 5) is 19.4. The van der Waals surface area contributed by atoms with Crippen LogP contribution in [-0.4, -0.2) is 25.8 Å². The van der Waals surface area contributed by atoms with Crippen molar-refractivity contribution in [1.82, 2.24) is 5.32 Å². The molecule has 1 aliphatic carbocycles. The summed E-state index contributed by atoms with van der Waals surface area (Å²) in [7, 11) is 3.07. The van der Waals surface area contributed by atoms with E-state index in [1.807, 2.05) is 59.7 Å². The third-order valence-corrected chi connectivity index (χ3v) is 4.97. The zero-order valence-corrected chi connectivity index (χ0v) is 20.8. The number of amides is 1. The zero-order chi connectivity index (χ0) is 22.8. The molecule has 0 saturated heterocycles. The molecule has 5 heteroatoms. The number of oxime groups is 1. The van der Waals surface area contributed by atoms with Gasteiger partial charge in [-0.05, 0) is 37.3 Å². The maximum absolute atomic E-state index is 12.2. The van der Waals surface area contributed by atoms with E-state index < -0.39 is 0 Å². The van der Waals surface area contributed by atoms with Crippen LogP contribution in [0.5, 0.6) is 0 Å². The molecule has 2 rings (SSSR count). The fourth-order valence-electron chi connectivity index (χ4n) is 2.40. The molecular weight excluding hydrogens is 380 g/mol. The van der Waals surface area contributed by atoms with Gasteiger partial charge >= 0.3 is 0 Å².